The third-order valence-corrected chi connectivity index (χ3v) is 6.04. The third kappa shape index (κ3) is 5.30. The summed E-state index contributed by atoms with van der Waals surface area (Å²) < 4.78 is 31.3. The van der Waals surface area contributed by atoms with Crippen LogP contribution < -0.4 is 10.1 Å². The smallest absolute Gasteiger partial charge is 0.251 e. The molecule has 1 amide bonds. The second-order valence-electron chi connectivity index (χ2n) is 6.75. The summed E-state index contributed by atoms with van der Waals surface area (Å²) in [6.45, 7) is 6.19. The Bertz CT molecular complexity index is 923. The van der Waals surface area contributed by atoms with Crippen molar-refractivity contribution >= 4 is 15.9 Å². The van der Waals surface area contributed by atoms with Crippen LogP contribution in [0.15, 0.2) is 47.4 Å². The second-order valence-corrected chi connectivity index (χ2v) is 8.90. The van der Waals surface area contributed by atoms with E-state index in [9.17, 15) is 13.2 Å². The quantitative estimate of drug-likeness (QED) is 0.789. The fourth-order valence-corrected chi connectivity index (χ4v) is 3.33. The molecule has 1 atom stereocenters. The number of sulfonamides is 1. The Morgan fingerprint density at radius 3 is 2.44 bits per heavy atom. The largest absolute Gasteiger partial charge is 0.491 e. The van der Waals surface area contributed by atoms with Crippen LogP contribution in [-0.4, -0.2) is 45.4 Å². The number of aryl methyl sites for hydroxylation is 2. The van der Waals surface area contributed by atoms with E-state index in [4.69, 9.17) is 4.74 Å². The van der Waals surface area contributed by atoms with E-state index in [1.807, 2.05) is 39.0 Å². The average Bonchev–Trinajstić information content (AvgIpc) is 2.62. The van der Waals surface area contributed by atoms with Crippen molar-refractivity contribution in [3.05, 3.63) is 59.2 Å². The van der Waals surface area contributed by atoms with Gasteiger partial charge in [-0.3, -0.25) is 4.79 Å². The predicted octanol–water partition coefficient (Wildman–Crippen LogP) is 2.75. The first kappa shape index (κ1) is 20.9. The lowest BCUT2D eigenvalue weighted by Gasteiger charge is -2.16. The number of rotatable bonds is 7. The molecule has 27 heavy (non-hydrogen) atoms. The molecule has 0 fully saturated rings. The van der Waals surface area contributed by atoms with Gasteiger partial charge in [0, 0.05) is 19.7 Å². The van der Waals surface area contributed by atoms with E-state index in [1.54, 1.807) is 12.1 Å². The molecule has 0 spiro atoms. The van der Waals surface area contributed by atoms with E-state index >= 15 is 0 Å². The monoisotopic (exact) mass is 390 g/mol. The van der Waals surface area contributed by atoms with Gasteiger partial charge in [-0.1, -0.05) is 12.1 Å². The van der Waals surface area contributed by atoms with E-state index in [1.165, 1.54) is 31.8 Å². The Hall–Kier alpha value is -2.38. The lowest BCUT2D eigenvalue weighted by atomic mass is 10.1. The van der Waals surface area contributed by atoms with Gasteiger partial charge < -0.3 is 10.1 Å². The summed E-state index contributed by atoms with van der Waals surface area (Å²) in [5, 5.41) is 2.83. The first-order valence-corrected chi connectivity index (χ1v) is 10.1. The van der Waals surface area contributed by atoms with Crippen molar-refractivity contribution in [1.29, 1.82) is 0 Å². The van der Waals surface area contributed by atoms with Crippen molar-refractivity contribution in [3.63, 3.8) is 0 Å². The second kappa shape index (κ2) is 8.54. The Labute approximate surface area is 161 Å². The molecule has 0 aromatic heterocycles. The first-order chi connectivity index (χ1) is 12.6. The van der Waals surface area contributed by atoms with Gasteiger partial charge in [-0.05, 0) is 62.2 Å². The maximum atomic E-state index is 12.4. The van der Waals surface area contributed by atoms with Crippen molar-refractivity contribution in [1.82, 2.24) is 9.62 Å². The molecule has 0 aliphatic carbocycles. The Morgan fingerprint density at radius 2 is 1.81 bits per heavy atom. The standard InChI is InChI=1S/C20H26N2O4S/c1-14-9-10-18(11-15(14)2)26-13-16(3)21-20(23)17-7-6-8-19(12-17)27(24,25)22(4)5/h6-12,16H,13H2,1-5H3,(H,21,23)/t16-/m0/s1. The van der Waals surface area contributed by atoms with Crippen molar-refractivity contribution in [2.24, 2.45) is 0 Å². The molecular weight excluding hydrogens is 364 g/mol. The van der Waals surface area contributed by atoms with Gasteiger partial charge >= 0.3 is 0 Å². The fourth-order valence-electron chi connectivity index (χ4n) is 2.38. The van der Waals surface area contributed by atoms with Crippen LogP contribution in [0.4, 0.5) is 0 Å². The molecule has 6 nitrogen and oxygen atoms in total. The summed E-state index contributed by atoms with van der Waals surface area (Å²) in [6.07, 6.45) is 0. The van der Waals surface area contributed by atoms with E-state index < -0.39 is 10.0 Å². The van der Waals surface area contributed by atoms with Gasteiger partial charge in [0.1, 0.15) is 12.4 Å². The molecule has 0 bridgehead atoms. The molecule has 0 saturated carbocycles. The highest BCUT2D eigenvalue weighted by Gasteiger charge is 2.19. The number of ether oxygens (including phenoxy) is 1. The van der Waals surface area contributed by atoms with Gasteiger partial charge in [0.05, 0.1) is 10.9 Å². The van der Waals surface area contributed by atoms with Crippen LogP contribution in [0.3, 0.4) is 0 Å². The number of carbonyl (C=O) groups excluding carboxylic acids is 1. The van der Waals surface area contributed by atoms with Crippen LogP contribution in [-0.2, 0) is 10.0 Å². The lowest BCUT2D eigenvalue weighted by molar-refractivity contribution is 0.0926. The highest BCUT2D eigenvalue weighted by atomic mass is 32.2. The van der Waals surface area contributed by atoms with E-state index in [0.29, 0.717) is 6.61 Å². The molecule has 146 valence electrons. The summed E-state index contributed by atoms with van der Waals surface area (Å²) in [4.78, 5) is 12.5. The van der Waals surface area contributed by atoms with Crippen LogP contribution >= 0.6 is 0 Å². The predicted molar refractivity (Wildman–Crippen MR) is 106 cm³/mol. The highest BCUT2D eigenvalue weighted by molar-refractivity contribution is 7.89. The number of amides is 1. The van der Waals surface area contributed by atoms with Gasteiger partial charge in [0.2, 0.25) is 10.0 Å². The van der Waals surface area contributed by atoms with Crippen molar-refractivity contribution in [2.75, 3.05) is 20.7 Å². The molecule has 2 aromatic rings. The van der Waals surface area contributed by atoms with Crippen LogP contribution in [0.5, 0.6) is 5.75 Å². The Morgan fingerprint density at radius 1 is 1.11 bits per heavy atom. The molecule has 0 unspecified atom stereocenters. The summed E-state index contributed by atoms with van der Waals surface area (Å²) in [7, 11) is -0.681. The SMILES string of the molecule is Cc1ccc(OC[C@H](C)NC(=O)c2cccc(S(=O)(=O)N(C)C)c2)cc1C. The van der Waals surface area contributed by atoms with Gasteiger partial charge in [-0.25, -0.2) is 12.7 Å². The molecule has 0 aliphatic rings. The number of hydrogen-bond donors (Lipinski definition) is 1. The van der Waals surface area contributed by atoms with Gasteiger partial charge in [-0.2, -0.15) is 0 Å². The number of benzene rings is 2. The summed E-state index contributed by atoms with van der Waals surface area (Å²) in [6, 6.07) is 11.6. The van der Waals surface area contributed by atoms with Crippen LogP contribution in [0, 0.1) is 13.8 Å². The van der Waals surface area contributed by atoms with E-state index in [0.717, 1.165) is 15.6 Å². The minimum Gasteiger partial charge on any atom is -0.491 e. The molecule has 0 saturated heterocycles. The lowest BCUT2D eigenvalue weighted by Crippen LogP contribution is -2.36. The number of carbonyl (C=O) groups is 1. The highest BCUT2D eigenvalue weighted by Crippen LogP contribution is 2.17. The summed E-state index contributed by atoms with van der Waals surface area (Å²) in [5.41, 5.74) is 2.62. The zero-order chi connectivity index (χ0) is 20.2. The minimum absolute atomic E-state index is 0.0826. The molecule has 0 radical (unpaired) electrons. The van der Waals surface area contributed by atoms with Crippen LogP contribution in [0.25, 0.3) is 0 Å². The first-order valence-electron chi connectivity index (χ1n) is 8.65. The molecule has 1 N–H and O–H groups in total. The molecule has 0 aliphatic heterocycles. The molecule has 7 heteroatoms. The Kier molecular flexibility index (Phi) is 6.62. The van der Waals surface area contributed by atoms with Crippen molar-refractivity contribution in [2.45, 2.75) is 31.7 Å². The van der Waals surface area contributed by atoms with Crippen LogP contribution in [0.2, 0.25) is 0 Å². The zero-order valence-electron chi connectivity index (χ0n) is 16.3. The fraction of sp³-hybridized carbons (Fsp3) is 0.350. The third-order valence-electron chi connectivity index (χ3n) is 4.23. The maximum Gasteiger partial charge on any atom is 0.251 e. The van der Waals surface area contributed by atoms with Crippen molar-refractivity contribution < 1.29 is 17.9 Å². The van der Waals surface area contributed by atoms with Gasteiger partial charge in [0.25, 0.3) is 5.91 Å². The molecule has 0 heterocycles. The number of nitrogens with zero attached hydrogens (tertiary/aromatic N) is 1. The summed E-state index contributed by atoms with van der Waals surface area (Å²) in [5.74, 6) is 0.403. The molecular formula is C20H26N2O4S. The molecule has 2 aromatic carbocycles. The summed E-state index contributed by atoms with van der Waals surface area (Å²) >= 11 is 0. The number of nitrogens with one attached hydrogen (secondary N) is 1. The van der Waals surface area contributed by atoms with E-state index in [-0.39, 0.29) is 22.4 Å². The normalized spacial score (nSPS) is 12.7. The molecule has 2 rings (SSSR count). The van der Waals surface area contributed by atoms with Crippen molar-refractivity contribution in [3.8, 4) is 5.75 Å². The Balaban J connectivity index is 2.01. The average molecular weight is 391 g/mol. The zero-order valence-corrected chi connectivity index (χ0v) is 17.1. The van der Waals surface area contributed by atoms with Gasteiger partial charge in [-0.15, -0.1) is 0 Å². The topological polar surface area (TPSA) is 75.7 Å². The maximum absolute atomic E-state index is 12.4. The van der Waals surface area contributed by atoms with Gasteiger partial charge in [0.15, 0.2) is 0 Å². The van der Waals surface area contributed by atoms with Crippen LogP contribution in [0.1, 0.15) is 28.4 Å². The minimum atomic E-state index is -3.59. The number of hydrogen-bond acceptors (Lipinski definition) is 4. The van der Waals surface area contributed by atoms with E-state index in [2.05, 4.69) is 5.32 Å².